The average molecular weight is 292 g/mol. The van der Waals surface area contributed by atoms with Gasteiger partial charge in [0.2, 0.25) is 5.91 Å². The lowest BCUT2D eigenvalue weighted by Crippen LogP contribution is -2.33. The summed E-state index contributed by atoms with van der Waals surface area (Å²) in [5.41, 5.74) is 6.33. The molecule has 1 aromatic carbocycles. The number of carbonyl (C=O) groups excluding carboxylic acids is 1. The molecule has 1 amide bonds. The number of nitrogen functional groups attached to an aromatic ring is 1. The minimum absolute atomic E-state index is 0.0379. The molecule has 4 heteroatoms. The molecule has 118 valence electrons. The maximum absolute atomic E-state index is 11.8. The number of anilines is 1. The fourth-order valence-corrected chi connectivity index (χ4v) is 2.12. The van der Waals surface area contributed by atoms with Gasteiger partial charge in [-0.2, -0.15) is 0 Å². The second kappa shape index (κ2) is 9.27. The van der Waals surface area contributed by atoms with Crippen LogP contribution in [-0.2, 0) is 4.79 Å². The van der Waals surface area contributed by atoms with E-state index in [9.17, 15) is 4.79 Å². The number of benzene rings is 1. The van der Waals surface area contributed by atoms with E-state index in [0.29, 0.717) is 24.5 Å². The van der Waals surface area contributed by atoms with Crippen molar-refractivity contribution in [3.63, 3.8) is 0 Å². The molecule has 0 aliphatic heterocycles. The molecule has 0 bridgehead atoms. The maximum Gasteiger partial charge on any atom is 0.223 e. The van der Waals surface area contributed by atoms with Crippen LogP contribution in [0, 0.1) is 5.92 Å². The lowest BCUT2D eigenvalue weighted by Gasteiger charge is -2.14. The van der Waals surface area contributed by atoms with Crippen LogP contribution < -0.4 is 15.8 Å². The first-order valence-electron chi connectivity index (χ1n) is 7.75. The standard InChI is InChI=1S/C17H28N2O2/c1-13(2)6-4-7-14(3)19-17(20)10-11-21-16-9-5-8-15(18)12-16/h5,8-9,12-14H,4,6-7,10-11,18H2,1-3H3,(H,19,20). The fourth-order valence-electron chi connectivity index (χ4n) is 2.12. The summed E-state index contributed by atoms with van der Waals surface area (Å²) < 4.78 is 5.51. The Balaban J connectivity index is 2.16. The minimum Gasteiger partial charge on any atom is -0.493 e. The van der Waals surface area contributed by atoms with Crippen LogP contribution in [0.15, 0.2) is 24.3 Å². The molecule has 0 radical (unpaired) electrons. The molecule has 0 aliphatic carbocycles. The minimum atomic E-state index is 0.0379. The highest BCUT2D eigenvalue weighted by molar-refractivity contribution is 5.76. The lowest BCUT2D eigenvalue weighted by molar-refractivity contribution is -0.122. The molecule has 0 aliphatic rings. The molecule has 0 spiro atoms. The predicted octanol–water partition coefficient (Wildman–Crippen LogP) is 3.37. The Bertz CT molecular complexity index is 433. The first-order chi connectivity index (χ1) is 9.97. The zero-order valence-electron chi connectivity index (χ0n) is 13.4. The molecule has 3 N–H and O–H groups in total. The summed E-state index contributed by atoms with van der Waals surface area (Å²) in [6, 6.07) is 7.46. The normalized spacial score (nSPS) is 12.2. The highest BCUT2D eigenvalue weighted by atomic mass is 16.5. The zero-order chi connectivity index (χ0) is 15.7. The van der Waals surface area contributed by atoms with Crippen LogP contribution in [0.1, 0.15) is 46.5 Å². The third-order valence-corrected chi connectivity index (χ3v) is 3.28. The smallest absolute Gasteiger partial charge is 0.223 e. The van der Waals surface area contributed by atoms with Gasteiger partial charge in [-0.05, 0) is 31.4 Å². The molecule has 4 nitrogen and oxygen atoms in total. The molecule has 0 fully saturated rings. The summed E-state index contributed by atoms with van der Waals surface area (Å²) in [4.78, 5) is 11.8. The van der Waals surface area contributed by atoms with Crippen molar-refractivity contribution in [2.75, 3.05) is 12.3 Å². The summed E-state index contributed by atoms with van der Waals surface area (Å²) in [6.45, 7) is 6.86. The van der Waals surface area contributed by atoms with Crippen LogP contribution in [0.25, 0.3) is 0 Å². The Kier molecular flexibility index (Phi) is 7.65. The van der Waals surface area contributed by atoms with Gasteiger partial charge in [0.05, 0.1) is 13.0 Å². The molecule has 0 saturated heterocycles. The van der Waals surface area contributed by atoms with Gasteiger partial charge in [0.1, 0.15) is 5.75 Å². The molecule has 1 unspecified atom stereocenters. The van der Waals surface area contributed by atoms with Crippen molar-refractivity contribution in [3.8, 4) is 5.75 Å². The second-order valence-electron chi connectivity index (χ2n) is 5.96. The van der Waals surface area contributed by atoms with Crippen molar-refractivity contribution in [2.45, 2.75) is 52.5 Å². The van der Waals surface area contributed by atoms with Crippen LogP contribution in [0.4, 0.5) is 5.69 Å². The summed E-state index contributed by atoms with van der Waals surface area (Å²) >= 11 is 0. The van der Waals surface area contributed by atoms with Gasteiger partial charge in [-0.3, -0.25) is 4.79 Å². The number of carbonyl (C=O) groups is 1. The first-order valence-corrected chi connectivity index (χ1v) is 7.75. The van der Waals surface area contributed by atoms with Crippen LogP contribution in [-0.4, -0.2) is 18.6 Å². The monoisotopic (exact) mass is 292 g/mol. The van der Waals surface area contributed by atoms with E-state index < -0.39 is 0 Å². The van der Waals surface area contributed by atoms with E-state index in [1.54, 1.807) is 12.1 Å². The van der Waals surface area contributed by atoms with E-state index in [0.717, 1.165) is 18.8 Å². The highest BCUT2D eigenvalue weighted by Crippen LogP contribution is 2.14. The Morgan fingerprint density at radius 2 is 2.05 bits per heavy atom. The van der Waals surface area contributed by atoms with Crippen LogP contribution >= 0.6 is 0 Å². The van der Waals surface area contributed by atoms with Gasteiger partial charge in [-0.25, -0.2) is 0 Å². The number of rotatable bonds is 9. The van der Waals surface area contributed by atoms with Crippen molar-refractivity contribution in [1.29, 1.82) is 0 Å². The molecule has 1 atom stereocenters. The molecule has 0 heterocycles. The third kappa shape index (κ3) is 8.23. The van der Waals surface area contributed by atoms with Crippen molar-refractivity contribution >= 4 is 11.6 Å². The summed E-state index contributed by atoms with van der Waals surface area (Å²) in [6.07, 6.45) is 3.75. The number of ether oxygens (including phenoxy) is 1. The summed E-state index contributed by atoms with van der Waals surface area (Å²) in [5.74, 6) is 1.46. The third-order valence-electron chi connectivity index (χ3n) is 3.28. The predicted molar refractivity (Wildman–Crippen MR) is 87.3 cm³/mol. The Morgan fingerprint density at radius 3 is 2.71 bits per heavy atom. The van der Waals surface area contributed by atoms with Crippen LogP contribution in [0.3, 0.4) is 0 Å². The number of nitrogens with two attached hydrogens (primary N) is 1. The van der Waals surface area contributed by atoms with E-state index in [2.05, 4.69) is 26.1 Å². The number of hydrogen-bond acceptors (Lipinski definition) is 3. The zero-order valence-corrected chi connectivity index (χ0v) is 13.4. The van der Waals surface area contributed by atoms with Crippen molar-refractivity contribution in [3.05, 3.63) is 24.3 Å². The SMILES string of the molecule is CC(C)CCCC(C)NC(=O)CCOc1cccc(N)c1. The van der Waals surface area contributed by atoms with Gasteiger partial charge in [0.15, 0.2) is 0 Å². The summed E-state index contributed by atoms with van der Waals surface area (Å²) in [5, 5.41) is 3.01. The van der Waals surface area contributed by atoms with Crippen molar-refractivity contribution in [1.82, 2.24) is 5.32 Å². The van der Waals surface area contributed by atoms with E-state index in [-0.39, 0.29) is 11.9 Å². The largest absolute Gasteiger partial charge is 0.493 e. The molecule has 1 aromatic rings. The molecular formula is C17H28N2O2. The first kappa shape index (κ1) is 17.3. The van der Waals surface area contributed by atoms with E-state index in [1.165, 1.54) is 6.42 Å². The van der Waals surface area contributed by atoms with E-state index in [4.69, 9.17) is 10.5 Å². The molecule has 1 rings (SSSR count). The topological polar surface area (TPSA) is 64.3 Å². The molecule has 0 aromatic heterocycles. The van der Waals surface area contributed by atoms with Gasteiger partial charge in [0.25, 0.3) is 0 Å². The maximum atomic E-state index is 11.8. The highest BCUT2D eigenvalue weighted by Gasteiger charge is 2.08. The fraction of sp³-hybridized carbons (Fsp3) is 0.588. The summed E-state index contributed by atoms with van der Waals surface area (Å²) in [7, 11) is 0. The number of nitrogens with one attached hydrogen (secondary N) is 1. The number of amides is 1. The van der Waals surface area contributed by atoms with Crippen molar-refractivity contribution in [2.24, 2.45) is 5.92 Å². The van der Waals surface area contributed by atoms with Crippen LogP contribution in [0.2, 0.25) is 0 Å². The van der Waals surface area contributed by atoms with Gasteiger partial charge < -0.3 is 15.8 Å². The van der Waals surface area contributed by atoms with E-state index in [1.807, 2.05) is 12.1 Å². The quantitative estimate of drug-likeness (QED) is 0.686. The van der Waals surface area contributed by atoms with Gasteiger partial charge in [-0.1, -0.05) is 32.8 Å². The molecule has 0 saturated carbocycles. The Labute approximate surface area is 128 Å². The molecular weight excluding hydrogens is 264 g/mol. The van der Waals surface area contributed by atoms with Crippen molar-refractivity contribution < 1.29 is 9.53 Å². The molecule has 21 heavy (non-hydrogen) atoms. The van der Waals surface area contributed by atoms with Gasteiger partial charge in [-0.15, -0.1) is 0 Å². The Morgan fingerprint density at radius 1 is 1.29 bits per heavy atom. The average Bonchev–Trinajstić information content (AvgIpc) is 2.38. The lowest BCUT2D eigenvalue weighted by atomic mass is 10.0. The van der Waals surface area contributed by atoms with E-state index >= 15 is 0 Å². The van der Waals surface area contributed by atoms with Gasteiger partial charge >= 0.3 is 0 Å². The van der Waals surface area contributed by atoms with Crippen LogP contribution in [0.5, 0.6) is 5.75 Å². The number of hydrogen-bond donors (Lipinski definition) is 2. The second-order valence-corrected chi connectivity index (χ2v) is 5.96. The Hall–Kier alpha value is -1.71. The van der Waals surface area contributed by atoms with Gasteiger partial charge in [0, 0.05) is 17.8 Å².